The molecule has 140 valence electrons. The number of carboxylic acid groups (broad SMARTS) is 1. The highest BCUT2D eigenvalue weighted by Gasteiger charge is 2.14. The smallest absolute Gasteiger partial charge is 0.337 e. The van der Waals surface area contributed by atoms with E-state index in [1.165, 1.54) is 12.3 Å². The second-order valence-electron chi connectivity index (χ2n) is 5.94. The number of hydrogen-bond donors (Lipinski definition) is 1. The summed E-state index contributed by atoms with van der Waals surface area (Å²) in [4.78, 5) is 15.6. The number of para-hydroxylation sites is 1. The third-order valence-corrected chi connectivity index (χ3v) is 4.23. The summed E-state index contributed by atoms with van der Waals surface area (Å²) in [6.45, 7) is 0.373. The summed E-state index contributed by atoms with van der Waals surface area (Å²) in [5, 5.41) is 18.8. The van der Waals surface area contributed by atoms with Gasteiger partial charge in [-0.2, -0.15) is 5.26 Å². The molecule has 0 saturated carbocycles. The number of carboxylic acids is 1. The Morgan fingerprint density at radius 1 is 1.14 bits per heavy atom. The predicted molar refractivity (Wildman–Crippen MR) is 104 cm³/mol. The molecule has 1 N–H and O–H groups in total. The average Bonchev–Trinajstić information content (AvgIpc) is 2.74. The molecule has 6 nitrogen and oxygen atoms in total. The van der Waals surface area contributed by atoms with E-state index >= 15 is 0 Å². The maximum absolute atomic E-state index is 11.4. The third-order valence-electron chi connectivity index (χ3n) is 4.23. The second kappa shape index (κ2) is 8.69. The van der Waals surface area contributed by atoms with E-state index in [1.54, 1.807) is 31.4 Å². The zero-order valence-corrected chi connectivity index (χ0v) is 15.3. The van der Waals surface area contributed by atoms with E-state index in [4.69, 9.17) is 9.47 Å². The van der Waals surface area contributed by atoms with Crippen LogP contribution in [0.4, 0.5) is 0 Å². The van der Waals surface area contributed by atoms with Crippen molar-refractivity contribution in [1.82, 2.24) is 4.98 Å². The molecule has 0 atom stereocenters. The highest BCUT2D eigenvalue weighted by molar-refractivity contribution is 5.94. The topological polar surface area (TPSA) is 92.4 Å². The van der Waals surface area contributed by atoms with Crippen LogP contribution in [-0.2, 0) is 6.42 Å². The Morgan fingerprint density at radius 2 is 1.96 bits per heavy atom. The van der Waals surface area contributed by atoms with E-state index in [-0.39, 0.29) is 5.56 Å². The summed E-state index contributed by atoms with van der Waals surface area (Å²) in [6, 6.07) is 17.8. The van der Waals surface area contributed by atoms with Crippen molar-refractivity contribution in [1.29, 1.82) is 5.26 Å². The highest BCUT2D eigenvalue weighted by atomic mass is 16.5. The van der Waals surface area contributed by atoms with Crippen LogP contribution < -0.4 is 9.47 Å². The van der Waals surface area contributed by atoms with Crippen molar-refractivity contribution in [2.24, 2.45) is 0 Å². The molecular formula is C22H18N2O4. The van der Waals surface area contributed by atoms with E-state index < -0.39 is 5.97 Å². The standard InChI is InChI=1S/C22H18N2O4/c1-27-19-7-3-2-5-15(19)10-12-28-20-9-8-16(13-17(20)14-23)21-18(22(25)26)6-4-11-24-21/h2-9,11,13H,10,12H2,1H3,(H,25,26). The number of benzene rings is 2. The highest BCUT2D eigenvalue weighted by Crippen LogP contribution is 2.28. The number of pyridine rings is 1. The molecule has 1 heterocycles. The molecule has 0 aliphatic rings. The molecule has 0 unspecified atom stereocenters. The first kappa shape index (κ1) is 18.9. The van der Waals surface area contributed by atoms with Gasteiger partial charge in [0.2, 0.25) is 0 Å². The lowest BCUT2D eigenvalue weighted by atomic mass is 10.0. The lowest BCUT2D eigenvalue weighted by Crippen LogP contribution is -2.05. The van der Waals surface area contributed by atoms with Gasteiger partial charge in [0.25, 0.3) is 0 Å². The van der Waals surface area contributed by atoms with E-state index in [0.717, 1.165) is 11.3 Å². The van der Waals surface area contributed by atoms with Crippen LogP contribution in [0.3, 0.4) is 0 Å². The number of carbonyl (C=O) groups is 1. The van der Waals surface area contributed by atoms with Crippen molar-refractivity contribution in [3.8, 4) is 28.8 Å². The van der Waals surface area contributed by atoms with Gasteiger partial charge in [-0.25, -0.2) is 4.79 Å². The molecule has 28 heavy (non-hydrogen) atoms. The van der Waals surface area contributed by atoms with Crippen LogP contribution in [0.2, 0.25) is 0 Å². The van der Waals surface area contributed by atoms with Crippen molar-refractivity contribution in [2.75, 3.05) is 13.7 Å². The van der Waals surface area contributed by atoms with Gasteiger partial charge in [0.1, 0.15) is 17.6 Å². The number of aromatic nitrogens is 1. The van der Waals surface area contributed by atoms with Gasteiger partial charge in [0.15, 0.2) is 0 Å². The van der Waals surface area contributed by atoms with Gasteiger partial charge < -0.3 is 14.6 Å². The van der Waals surface area contributed by atoms with Crippen LogP contribution in [0.25, 0.3) is 11.3 Å². The summed E-state index contributed by atoms with van der Waals surface area (Å²) >= 11 is 0. The summed E-state index contributed by atoms with van der Waals surface area (Å²) in [5.41, 5.74) is 2.27. The normalized spacial score (nSPS) is 10.1. The fourth-order valence-corrected chi connectivity index (χ4v) is 2.88. The molecule has 2 aromatic carbocycles. The zero-order chi connectivity index (χ0) is 19.9. The number of nitrogens with zero attached hydrogens (tertiary/aromatic N) is 2. The van der Waals surface area contributed by atoms with Gasteiger partial charge in [-0.3, -0.25) is 4.98 Å². The molecule has 3 rings (SSSR count). The minimum atomic E-state index is -1.07. The minimum absolute atomic E-state index is 0.0798. The van der Waals surface area contributed by atoms with Crippen molar-refractivity contribution < 1.29 is 19.4 Å². The summed E-state index contributed by atoms with van der Waals surface area (Å²) in [5.74, 6) is 0.158. The van der Waals surface area contributed by atoms with Crippen LogP contribution in [-0.4, -0.2) is 29.8 Å². The van der Waals surface area contributed by atoms with Gasteiger partial charge in [-0.15, -0.1) is 0 Å². The fourth-order valence-electron chi connectivity index (χ4n) is 2.88. The maximum atomic E-state index is 11.4. The lowest BCUT2D eigenvalue weighted by Gasteiger charge is -2.12. The van der Waals surface area contributed by atoms with E-state index in [2.05, 4.69) is 11.1 Å². The molecule has 0 aliphatic heterocycles. The minimum Gasteiger partial charge on any atom is -0.496 e. The predicted octanol–water partition coefficient (Wildman–Crippen LogP) is 3.95. The number of rotatable bonds is 7. The van der Waals surface area contributed by atoms with Crippen LogP contribution in [0.5, 0.6) is 11.5 Å². The number of methoxy groups -OCH3 is 1. The summed E-state index contributed by atoms with van der Waals surface area (Å²) in [6.07, 6.45) is 2.14. The molecule has 0 saturated heterocycles. The van der Waals surface area contributed by atoms with Crippen molar-refractivity contribution in [3.05, 3.63) is 77.5 Å². The first-order valence-corrected chi connectivity index (χ1v) is 8.61. The molecule has 0 radical (unpaired) electrons. The van der Waals surface area contributed by atoms with Crippen molar-refractivity contribution >= 4 is 5.97 Å². The molecule has 0 aliphatic carbocycles. The molecule has 6 heteroatoms. The van der Waals surface area contributed by atoms with E-state index in [0.29, 0.717) is 35.6 Å². The van der Waals surface area contributed by atoms with Crippen LogP contribution >= 0.6 is 0 Å². The molecule has 0 bridgehead atoms. The fraction of sp³-hybridized carbons (Fsp3) is 0.136. The zero-order valence-electron chi connectivity index (χ0n) is 15.3. The van der Waals surface area contributed by atoms with Gasteiger partial charge in [0, 0.05) is 18.2 Å². The van der Waals surface area contributed by atoms with Crippen LogP contribution in [0.15, 0.2) is 60.8 Å². The Kier molecular flexibility index (Phi) is 5.87. The van der Waals surface area contributed by atoms with Gasteiger partial charge in [-0.1, -0.05) is 18.2 Å². The monoisotopic (exact) mass is 374 g/mol. The second-order valence-corrected chi connectivity index (χ2v) is 5.94. The quantitative estimate of drug-likeness (QED) is 0.673. The van der Waals surface area contributed by atoms with Gasteiger partial charge >= 0.3 is 5.97 Å². The molecule has 0 amide bonds. The first-order chi connectivity index (χ1) is 13.6. The number of nitriles is 1. The molecule has 0 fully saturated rings. The third kappa shape index (κ3) is 4.10. The van der Waals surface area contributed by atoms with Crippen molar-refractivity contribution in [2.45, 2.75) is 6.42 Å². The van der Waals surface area contributed by atoms with Gasteiger partial charge in [-0.05, 0) is 42.0 Å². The molecule has 3 aromatic rings. The molecular weight excluding hydrogens is 356 g/mol. The van der Waals surface area contributed by atoms with E-state index in [1.807, 2.05) is 24.3 Å². The Morgan fingerprint density at radius 3 is 2.71 bits per heavy atom. The van der Waals surface area contributed by atoms with Crippen LogP contribution in [0.1, 0.15) is 21.5 Å². The number of hydrogen-bond acceptors (Lipinski definition) is 5. The van der Waals surface area contributed by atoms with Crippen LogP contribution in [0, 0.1) is 11.3 Å². The number of ether oxygens (including phenoxy) is 2. The van der Waals surface area contributed by atoms with E-state index in [9.17, 15) is 15.2 Å². The first-order valence-electron chi connectivity index (χ1n) is 8.61. The largest absolute Gasteiger partial charge is 0.496 e. The molecule has 1 aromatic heterocycles. The Balaban J connectivity index is 1.79. The van der Waals surface area contributed by atoms with Gasteiger partial charge in [0.05, 0.1) is 30.5 Å². The van der Waals surface area contributed by atoms with Crippen molar-refractivity contribution in [3.63, 3.8) is 0 Å². The Bertz CT molecular complexity index is 1040. The maximum Gasteiger partial charge on any atom is 0.337 e. The Labute approximate surface area is 162 Å². The lowest BCUT2D eigenvalue weighted by molar-refractivity contribution is 0.0697. The summed E-state index contributed by atoms with van der Waals surface area (Å²) in [7, 11) is 1.62. The average molecular weight is 374 g/mol. The molecule has 0 spiro atoms. The summed E-state index contributed by atoms with van der Waals surface area (Å²) < 4.78 is 11.1. The number of aromatic carboxylic acids is 1. The Hall–Kier alpha value is -3.85. The SMILES string of the molecule is COc1ccccc1CCOc1ccc(-c2ncccc2C(=O)O)cc1C#N.